The van der Waals surface area contributed by atoms with Crippen molar-refractivity contribution in [2.24, 2.45) is 0 Å². The molecule has 182 valence electrons. The van der Waals surface area contributed by atoms with Crippen LogP contribution in [0.4, 0.5) is 0 Å². The minimum atomic E-state index is -1.13. The van der Waals surface area contributed by atoms with Crippen LogP contribution in [-0.2, 0) is 17.6 Å². The molecule has 3 aromatic rings. The molecule has 1 unspecified atom stereocenters. The maximum atomic E-state index is 12.5. The molecule has 0 saturated carbocycles. The zero-order valence-corrected chi connectivity index (χ0v) is 19.8. The van der Waals surface area contributed by atoms with E-state index < -0.39 is 18.2 Å². The predicted molar refractivity (Wildman–Crippen MR) is 134 cm³/mol. The van der Waals surface area contributed by atoms with E-state index in [9.17, 15) is 20.0 Å². The molecule has 3 aromatic carbocycles. The van der Waals surface area contributed by atoms with Crippen molar-refractivity contribution < 1.29 is 28.9 Å². The molecular formula is C29H25NO6. The summed E-state index contributed by atoms with van der Waals surface area (Å²) in [4.78, 5) is 23.8. The second kappa shape index (κ2) is 12.2. The van der Waals surface area contributed by atoms with Crippen LogP contribution in [0.1, 0.15) is 34.0 Å². The summed E-state index contributed by atoms with van der Waals surface area (Å²) in [5.41, 5.74) is 2.99. The van der Waals surface area contributed by atoms with Crippen LogP contribution in [0.15, 0.2) is 91.5 Å². The van der Waals surface area contributed by atoms with Gasteiger partial charge in [0.05, 0.1) is 17.2 Å². The highest BCUT2D eigenvalue weighted by atomic mass is 16.6. The molecule has 0 aliphatic carbocycles. The number of aliphatic hydroxyl groups is 1. The summed E-state index contributed by atoms with van der Waals surface area (Å²) in [5.74, 6) is -0.0426. The summed E-state index contributed by atoms with van der Waals surface area (Å²) in [6, 6.07) is 20.3. The summed E-state index contributed by atoms with van der Waals surface area (Å²) in [6.45, 7) is 8.62. The van der Waals surface area contributed by atoms with Gasteiger partial charge in [0.15, 0.2) is 0 Å². The van der Waals surface area contributed by atoms with Gasteiger partial charge in [-0.05, 0) is 85.0 Å². The second-order valence-electron chi connectivity index (χ2n) is 7.93. The van der Waals surface area contributed by atoms with Crippen molar-refractivity contribution in [3.05, 3.63) is 114 Å². The van der Waals surface area contributed by atoms with Crippen LogP contribution in [0.25, 0.3) is 0 Å². The van der Waals surface area contributed by atoms with E-state index in [1.54, 1.807) is 43.3 Å². The highest BCUT2D eigenvalue weighted by molar-refractivity contribution is 5.91. The van der Waals surface area contributed by atoms with Crippen LogP contribution in [0.2, 0.25) is 0 Å². The van der Waals surface area contributed by atoms with Crippen LogP contribution in [0.5, 0.6) is 17.2 Å². The third kappa shape index (κ3) is 7.16. The van der Waals surface area contributed by atoms with Crippen molar-refractivity contribution in [1.82, 2.24) is 0 Å². The summed E-state index contributed by atoms with van der Waals surface area (Å²) in [5, 5.41) is 19.3. The molecule has 36 heavy (non-hydrogen) atoms. The first-order valence-electron chi connectivity index (χ1n) is 11.1. The Morgan fingerprint density at radius 3 is 2.22 bits per heavy atom. The number of carbonyl (C=O) groups excluding carboxylic acids is 2. The fourth-order valence-corrected chi connectivity index (χ4v) is 3.17. The van der Waals surface area contributed by atoms with Gasteiger partial charge >= 0.3 is 11.9 Å². The molecule has 0 heterocycles. The largest absolute Gasteiger partial charge is 0.461 e. The first-order valence-corrected chi connectivity index (χ1v) is 11.1. The minimum absolute atomic E-state index is 0.256. The molecule has 0 aromatic heterocycles. The number of nitrogens with zero attached hydrogens (tertiary/aromatic N) is 1. The summed E-state index contributed by atoms with van der Waals surface area (Å²) >= 11 is 0. The van der Waals surface area contributed by atoms with Crippen molar-refractivity contribution in [1.29, 1.82) is 5.26 Å². The number of esters is 2. The van der Waals surface area contributed by atoms with E-state index in [2.05, 4.69) is 19.2 Å². The van der Waals surface area contributed by atoms with Crippen LogP contribution >= 0.6 is 0 Å². The van der Waals surface area contributed by atoms with Gasteiger partial charge in [-0.25, -0.2) is 9.59 Å². The van der Waals surface area contributed by atoms with E-state index in [1.807, 2.05) is 12.1 Å². The van der Waals surface area contributed by atoms with E-state index in [4.69, 9.17) is 14.2 Å². The van der Waals surface area contributed by atoms with Gasteiger partial charge in [-0.1, -0.05) is 31.4 Å². The molecule has 1 atom stereocenters. The molecule has 7 heteroatoms. The number of benzene rings is 3. The van der Waals surface area contributed by atoms with Gasteiger partial charge in [0.25, 0.3) is 0 Å². The number of hydrogen-bond donors (Lipinski definition) is 1. The number of nitriles is 1. The number of carbonyl (C=O) groups is 2. The fourth-order valence-electron chi connectivity index (χ4n) is 3.17. The molecule has 3 rings (SSSR count). The van der Waals surface area contributed by atoms with E-state index >= 15 is 0 Å². The predicted octanol–water partition coefficient (Wildman–Crippen LogP) is 4.93. The zero-order valence-electron chi connectivity index (χ0n) is 19.8. The van der Waals surface area contributed by atoms with Gasteiger partial charge in [0, 0.05) is 6.08 Å². The van der Waals surface area contributed by atoms with E-state index in [1.165, 1.54) is 18.2 Å². The van der Waals surface area contributed by atoms with Crippen molar-refractivity contribution >= 4 is 11.9 Å². The molecule has 1 N–H and O–H groups in total. The first-order chi connectivity index (χ1) is 17.3. The standard InChI is InChI=1S/C29H25NO6/c1-4-27(31)34-24-12-6-20(7-13-24)5-8-21-9-16-26(17-23(21)18-30)36-29(33)22-10-14-25(15-11-22)35-28(32)19(2)3/h4,6-7,9-17,28,32H,1-2,5,8H2,3H3. The number of ether oxygens (including phenoxy) is 3. The third-order valence-electron chi connectivity index (χ3n) is 5.16. The molecule has 0 amide bonds. The second-order valence-corrected chi connectivity index (χ2v) is 7.93. The van der Waals surface area contributed by atoms with Crippen molar-refractivity contribution in [3.8, 4) is 23.3 Å². The maximum Gasteiger partial charge on any atom is 0.343 e. The number of rotatable bonds is 10. The van der Waals surface area contributed by atoms with Crippen LogP contribution < -0.4 is 14.2 Å². The van der Waals surface area contributed by atoms with Gasteiger partial charge in [-0.3, -0.25) is 0 Å². The van der Waals surface area contributed by atoms with Crippen LogP contribution in [0.3, 0.4) is 0 Å². The monoisotopic (exact) mass is 483 g/mol. The van der Waals surface area contributed by atoms with E-state index in [-0.39, 0.29) is 11.3 Å². The lowest BCUT2D eigenvalue weighted by Gasteiger charge is -2.13. The highest BCUT2D eigenvalue weighted by Gasteiger charge is 2.13. The smallest absolute Gasteiger partial charge is 0.343 e. The molecule has 7 nitrogen and oxygen atoms in total. The Kier molecular flexibility index (Phi) is 8.76. The summed E-state index contributed by atoms with van der Waals surface area (Å²) in [7, 11) is 0. The van der Waals surface area contributed by atoms with Gasteiger partial charge in [0.1, 0.15) is 17.2 Å². The maximum absolute atomic E-state index is 12.5. The normalized spacial score (nSPS) is 11.0. The highest BCUT2D eigenvalue weighted by Crippen LogP contribution is 2.22. The Morgan fingerprint density at radius 1 is 0.972 bits per heavy atom. The third-order valence-corrected chi connectivity index (χ3v) is 5.16. The van der Waals surface area contributed by atoms with Crippen molar-refractivity contribution in [2.75, 3.05) is 0 Å². The molecule has 0 aliphatic rings. The SMILES string of the molecule is C=CC(=O)Oc1ccc(CCc2ccc(OC(=O)c3ccc(OC(O)C(=C)C)cc3)cc2C#N)cc1. The van der Waals surface area contributed by atoms with Crippen molar-refractivity contribution in [2.45, 2.75) is 26.1 Å². The molecule has 0 fully saturated rings. The average Bonchev–Trinajstić information content (AvgIpc) is 2.88. The van der Waals surface area contributed by atoms with Gasteiger partial charge in [0.2, 0.25) is 6.29 Å². The molecule has 0 spiro atoms. The first kappa shape index (κ1) is 25.9. The Labute approximate surface area is 209 Å². The zero-order chi connectivity index (χ0) is 26.1. The molecular weight excluding hydrogens is 458 g/mol. The Morgan fingerprint density at radius 2 is 1.61 bits per heavy atom. The quantitative estimate of drug-likeness (QED) is 0.143. The number of aryl methyl sites for hydroxylation is 2. The summed E-state index contributed by atoms with van der Waals surface area (Å²) < 4.78 is 15.8. The van der Waals surface area contributed by atoms with E-state index in [0.29, 0.717) is 35.5 Å². The fraction of sp³-hybridized carbons (Fsp3) is 0.138. The lowest BCUT2D eigenvalue weighted by Crippen LogP contribution is -2.16. The summed E-state index contributed by atoms with van der Waals surface area (Å²) in [6.07, 6.45) is 1.23. The Bertz CT molecular complexity index is 1300. The van der Waals surface area contributed by atoms with Gasteiger partial charge in [-0.2, -0.15) is 5.26 Å². The lowest BCUT2D eigenvalue weighted by molar-refractivity contribution is -0.128. The number of aliphatic hydroxyl groups excluding tert-OH is 1. The minimum Gasteiger partial charge on any atom is -0.461 e. The molecule has 0 radical (unpaired) electrons. The van der Waals surface area contributed by atoms with Crippen LogP contribution in [-0.4, -0.2) is 23.3 Å². The molecule has 0 aliphatic heterocycles. The molecule has 0 saturated heterocycles. The lowest BCUT2D eigenvalue weighted by atomic mass is 10.00. The van der Waals surface area contributed by atoms with Crippen LogP contribution in [0, 0.1) is 11.3 Å². The Balaban J connectivity index is 1.61. The van der Waals surface area contributed by atoms with E-state index in [0.717, 1.165) is 17.2 Å². The topological polar surface area (TPSA) is 106 Å². The van der Waals surface area contributed by atoms with Gasteiger partial charge in [-0.15, -0.1) is 0 Å². The average molecular weight is 484 g/mol. The van der Waals surface area contributed by atoms with Crippen molar-refractivity contribution in [3.63, 3.8) is 0 Å². The number of hydrogen-bond acceptors (Lipinski definition) is 7. The van der Waals surface area contributed by atoms with Gasteiger partial charge < -0.3 is 19.3 Å². The molecule has 0 bridgehead atoms. The Hall–Kier alpha value is -4.67.